The average Bonchev–Trinajstić information content (AvgIpc) is 2.78. The van der Waals surface area contributed by atoms with E-state index in [0.717, 1.165) is 13.2 Å². The molecule has 0 bridgehead atoms. The van der Waals surface area contributed by atoms with Crippen LogP contribution in [0.5, 0.6) is 0 Å². The van der Waals surface area contributed by atoms with Crippen molar-refractivity contribution in [2.24, 2.45) is 0 Å². The van der Waals surface area contributed by atoms with E-state index < -0.39 is 0 Å². The first kappa shape index (κ1) is 26.7. The zero-order valence-electron chi connectivity index (χ0n) is 21.4. The van der Waals surface area contributed by atoms with Gasteiger partial charge in [-0.15, -0.1) is 0 Å². The van der Waals surface area contributed by atoms with Gasteiger partial charge in [0, 0.05) is 13.2 Å². The lowest BCUT2D eigenvalue weighted by atomic mass is 9.89. The van der Waals surface area contributed by atoms with E-state index in [1.807, 2.05) is 0 Å². The van der Waals surface area contributed by atoms with E-state index in [9.17, 15) is 0 Å². The van der Waals surface area contributed by atoms with Crippen LogP contribution in [0.3, 0.4) is 0 Å². The molecule has 0 amide bonds. The summed E-state index contributed by atoms with van der Waals surface area (Å²) in [5.74, 6) is 0. The lowest BCUT2D eigenvalue weighted by molar-refractivity contribution is 0.125. The SMILES string of the molecule is CC1=C(CCCCCCCCOCCCCCCCCC2=C(C)CCCC2)CCCC1. The molecular formula is C30H54O. The number of rotatable bonds is 18. The number of unbranched alkanes of at least 4 members (excludes halogenated alkanes) is 10. The van der Waals surface area contributed by atoms with E-state index >= 15 is 0 Å². The van der Waals surface area contributed by atoms with Gasteiger partial charge in [0.1, 0.15) is 0 Å². The molecule has 0 saturated heterocycles. The van der Waals surface area contributed by atoms with Gasteiger partial charge in [0.15, 0.2) is 0 Å². The molecule has 0 atom stereocenters. The van der Waals surface area contributed by atoms with Crippen LogP contribution in [0.1, 0.15) is 155 Å². The summed E-state index contributed by atoms with van der Waals surface area (Å²) in [6.45, 7) is 6.71. The Labute approximate surface area is 195 Å². The van der Waals surface area contributed by atoms with Crippen molar-refractivity contribution >= 4 is 0 Å². The standard InChI is InChI=1S/C30H54O/c1-27-19-13-15-23-29(27)21-11-7-3-5-9-17-25-31-26-18-10-6-4-8-12-22-30-24-16-14-20-28(30)2/h3-26H2,1-2H3. The van der Waals surface area contributed by atoms with E-state index in [1.54, 1.807) is 22.3 Å². The molecule has 0 N–H and O–H groups in total. The largest absolute Gasteiger partial charge is 0.381 e. The molecule has 0 heterocycles. The maximum absolute atomic E-state index is 5.86. The van der Waals surface area contributed by atoms with Gasteiger partial charge in [0.2, 0.25) is 0 Å². The summed E-state index contributed by atoms with van der Waals surface area (Å²) in [7, 11) is 0. The van der Waals surface area contributed by atoms with Gasteiger partial charge in [-0.1, -0.05) is 73.7 Å². The van der Waals surface area contributed by atoms with Crippen LogP contribution in [-0.4, -0.2) is 13.2 Å². The molecule has 1 nitrogen and oxygen atoms in total. The minimum absolute atomic E-state index is 0.987. The molecule has 1 heteroatoms. The van der Waals surface area contributed by atoms with E-state index in [-0.39, 0.29) is 0 Å². The van der Waals surface area contributed by atoms with Crippen LogP contribution in [0, 0.1) is 0 Å². The van der Waals surface area contributed by atoms with Gasteiger partial charge in [-0.2, -0.15) is 0 Å². The third-order valence-electron chi connectivity index (χ3n) is 7.80. The van der Waals surface area contributed by atoms with Crippen LogP contribution >= 0.6 is 0 Å². The molecule has 2 aliphatic carbocycles. The Balaban J connectivity index is 1.25. The predicted molar refractivity (Wildman–Crippen MR) is 138 cm³/mol. The highest BCUT2D eigenvalue weighted by Gasteiger charge is 2.09. The summed E-state index contributed by atoms with van der Waals surface area (Å²) in [5.41, 5.74) is 7.02. The number of hydrogen-bond donors (Lipinski definition) is 0. The van der Waals surface area contributed by atoms with Crippen LogP contribution in [0.4, 0.5) is 0 Å². The van der Waals surface area contributed by atoms with E-state index in [4.69, 9.17) is 4.74 Å². The van der Waals surface area contributed by atoms with Crippen molar-refractivity contribution < 1.29 is 4.74 Å². The molecule has 0 unspecified atom stereocenters. The highest BCUT2D eigenvalue weighted by Crippen LogP contribution is 2.29. The third kappa shape index (κ3) is 12.9. The molecule has 0 aromatic carbocycles. The van der Waals surface area contributed by atoms with Gasteiger partial charge >= 0.3 is 0 Å². The summed E-state index contributed by atoms with van der Waals surface area (Å²) in [4.78, 5) is 0. The fourth-order valence-electron chi connectivity index (χ4n) is 5.52. The molecule has 0 saturated carbocycles. The minimum atomic E-state index is 0.987. The Bertz CT molecular complexity index is 467. The molecule has 31 heavy (non-hydrogen) atoms. The Hall–Kier alpha value is -0.560. The summed E-state index contributed by atoms with van der Waals surface area (Å²) >= 11 is 0. The topological polar surface area (TPSA) is 9.23 Å². The lowest BCUT2D eigenvalue weighted by Crippen LogP contribution is -1.98. The first-order valence-electron chi connectivity index (χ1n) is 14.2. The quantitative estimate of drug-likeness (QED) is 0.155. The average molecular weight is 431 g/mol. The van der Waals surface area contributed by atoms with E-state index in [2.05, 4.69) is 13.8 Å². The minimum Gasteiger partial charge on any atom is -0.381 e. The molecule has 180 valence electrons. The third-order valence-corrected chi connectivity index (χ3v) is 7.80. The Morgan fingerprint density at radius 1 is 0.452 bits per heavy atom. The van der Waals surface area contributed by atoms with Crippen molar-refractivity contribution in [3.8, 4) is 0 Å². The second kappa shape index (κ2) is 17.9. The highest BCUT2D eigenvalue weighted by atomic mass is 16.5. The Kier molecular flexibility index (Phi) is 15.4. The summed E-state index contributed by atoms with van der Waals surface area (Å²) < 4.78 is 5.86. The Morgan fingerprint density at radius 3 is 1.23 bits per heavy atom. The van der Waals surface area contributed by atoms with Gasteiger partial charge in [0.25, 0.3) is 0 Å². The first-order valence-corrected chi connectivity index (χ1v) is 14.2. The van der Waals surface area contributed by atoms with E-state index in [1.165, 1.54) is 141 Å². The van der Waals surface area contributed by atoms with E-state index in [0.29, 0.717) is 0 Å². The monoisotopic (exact) mass is 430 g/mol. The maximum Gasteiger partial charge on any atom is 0.0466 e. The predicted octanol–water partition coefficient (Wildman–Crippen LogP) is 10.2. The zero-order chi connectivity index (χ0) is 22.0. The smallest absolute Gasteiger partial charge is 0.0466 e. The van der Waals surface area contributed by atoms with Crippen molar-refractivity contribution in [2.45, 2.75) is 155 Å². The molecule has 0 aliphatic heterocycles. The van der Waals surface area contributed by atoms with Crippen LogP contribution < -0.4 is 0 Å². The van der Waals surface area contributed by atoms with Crippen molar-refractivity contribution in [3.63, 3.8) is 0 Å². The first-order chi connectivity index (χ1) is 15.3. The van der Waals surface area contributed by atoms with Crippen LogP contribution in [0.15, 0.2) is 22.3 Å². The number of allylic oxidation sites excluding steroid dienone is 4. The van der Waals surface area contributed by atoms with Gasteiger partial charge in [-0.05, 0) is 104 Å². The maximum atomic E-state index is 5.86. The highest BCUT2D eigenvalue weighted by molar-refractivity contribution is 5.15. The number of ether oxygens (including phenoxy) is 1. The van der Waals surface area contributed by atoms with Crippen molar-refractivity contribution in [1.82, 2.24) is 0 Å². The summed E-state index contributed by atoms with van der Waals surface area (Å²) in [5, 5.41) is 0. The fraction of sp³-hybridized carbons (Fsp3) is 0.867. The normalized spacial score (nSPS) is 17.6. The second-order valence-corrected chi connectivity index (χ2v) is 10.5. The fourth-order valence-corrected chi connectivity index (χ4v) is 5.52. The second-order valence-electron chi connectivity index (χ2n) is 10.5. The molecule has 0 radical (unpaired) electrons. The molecule has 0 spiro atoms. The molecule has 2 rings (SSSR count). The summed E-state index contributed by atoms with van der Waals surface area (Å²) in [6.07, 6.45) is 30.6. The van der Waals surface area contributed by atoms with Crippen molar-refractivity contribution in [1.29, 1.82) is 0 Å². The van der Waals surface area contributed by atoms with Gasteiger partial charge < -0.3 is 4.74 Å². The molecule has 2 aliphatic rings. The molecular weight excluding hydrogens is 376 g/mol. The molecule has 0 aromatic rings. The zero-order valence-corrected chi connectivity index (χ0v) is 21.4. The van der Waals surface area contributed by atoms with Crippen LogP contribution in [-0.2, 0) is 4.74 Å². The van der Waals surface area contributed by atoms with Gasteiger partial charge in [-0.25, -0.2) is 0 Å². The van der Waals surface area contributed by atoms with Gasteiger partial charge in [0.05, 0.1) is 0 Å². The molecule has 0 aromatic heterocycles. The van der Waals surface area contributed by atoms with Crippen LogP contribution in [0.2, 0.25) is 0 Å². The van der Waals surface area contributed by atoms with Gasteiger partial charge in [-0.3, -0.25) is 0 Å². The van der Waals surface area contributed by atoms with Crippen LogP contribution in [0.25, 0.3) is 0 Å². The molecule has 0 fully saturated rings. The van der Waals surface area contributed by atoms with Crippen molar-refractivity contribution in [2.75, 3.05) is 13.2 Å². The Morgan fingerprint density at radius 2 is 0.806 bits per heavy atom. The van der Waals surface area contributed by atoms with Crippen molar-refractivity contribution in [3.05, 3.63) is 22.3 Å². The lowest BCUT2D eigenvalue weighted by Gasteiger charge is -2.17. The summed E-state index contributed by atoms with van der Waals surface area (Å²) in [6, 6.07) is 0. The number of hydrogen-bond acceptors (Lipinski definition) is 1.